The summed E-state index contributed by atoms with van der Waals surface area (Å²) >= 11 is 0. The zero-order valence-corrected chi connectivity index (χ0v) is 10.7. The number of hydrogen-bond acceptors (Lipinski definition) is 2. The van der Waals surface area contributed by atoms with E-state index in [1.807, 2.05) is 0 Å². The molecule has 2 rings (SSSR count). The molecule has 0 atom stereocenters. The molecule has 0 bridgehead atoms. The highest BCUT2D eigenvalue weighted by Gasteiger charge is 2.00. The van der Waals surface area contributed by atoms with E-state index in [2.05, 4.69) is 59.8 Å². The summed E-state index contributed by atoms with van der Waals surface area (Å²) in [6, 6.07) is 14.8. The molecule has 18 heavy (non-hydrogen) atoms. The number of amidine groups is 1. The number of benzene rings is 2. The van der Waals surface area contributed by atoms with Gasteiger partial charge in [-0.05, 0) is 22.8 Å². The highest BCUT2D eigenvalue weighted by atomic mass is 15.2. The number of aliphatic imine (C=N–C) groups is 1. The van der Waals surface area contributed by atoms with Crippen molar-refractivity contribution in [3.63, 3.8) is 0 Å². The largest absolute Gasteiger partial charge is 0.312 e. The van der Waals surface area contributed by atoms with E-state index in [0.29, 0.717) is 0 Å². The lowest BCUT2D eigenvalue weighted by atomic mass is 10.0. The lowest BCUT2D eigenvalue weighted by Crippen LogP contribution is -2.32. The van der Waals surface area contributed by atoms with Crippen molar-refractivity contribution in [1.82, 2.24) is 5.43 Å². The summed E-state index contributed by atoms with van der Waals surface area (Å²) in [4.78, 5) is 4.42. The SMILES string of the molecule is CCCN=C(Cc1ccc2ccccc2c1)NN. The second kappa shape index (κ2) is 6.17. The van der Waals surface area contributed by atoms with Crippen LogP contribution in [0.25, 0.3) is 10.8 Å². The zero-order chi connectivity index (χ0) is 12.8. The number of nitrogens with one attached hydrogen (secondary N) is 1. The van der Waals surface area contributed by atoms with Crippen LogP contribution in [-0.4, -0.2) is 12.4 Å². The minimum atomic E-state index is 0.751. The van der Waals surface area contributed by atoms with Gasteiger partial charge in [-0.15, -0.1) is 0 Å². The van der Waals surface area contributed by atoms with Gasteiger partial charge in [-0.25, -0.2) is 5.84 Å². The first-order valence-corrected chi connectivity index (χ1v) is 6.31. The van der Waals surface area contributed by atoms with Crippen LogP contribution in [0.3, 0.4) is 0 Å². The summed E-state index contributed by atoms with van der Waals surface area (Å²) in [7, 11) is 0. The van der Waals surface area contributed by atoms with Gasteiger partial charge in [0.2, 0.25) is 0 Å². The molecule has 0 radical (unpaired) electrons. The third-order valence-corrected chi connectivity index (χ3v) is 2.88. The molecule has 94 valence electrons. The Bertz CT molecular complexity index is 546. The summed E-state index contributed by atoms with van der Waals surface area (Å²) in [6.45, 7) is 2.92. The molecule has 0 saturated carbocycles. The zero-order valence-electron chi connectivity index (χ0n) is 10.7. The summed E-state index contributed by atoms with van der Waals surface area (Å²) in [5, 5.41) is 2.51. The average Bonchev–Trinajstić information content (AvgIpc) is 2.43. The van der Waals surface area contributed by atoms with Crippen molar-refractivity contribution in [3.8, 4) is 0 Å². The molecule has 0 aliphatic rings. The highest BCUT2D eigenvalue weighted by molar-refractivity contribution is 5.87. The Hall–Kier alpha value is -1.87. The topological polar surface area (TPSA) is 50.4 Å². The summed E-state index contributed by atoms with van der Waals surface area (Å²) in [5.74, 6) is 6.33. The standard InChI is InChI=1S/C15H19N3/c1-2-9-17-15(18-16)11-12-7-8-13-5-3-4-6-14(13)10-12/h3-8,10H,2,9,11,16H2,1H3,(H,17,18). The van der Waals surface area contributed by atoms with Crippen molar-refractivity contribution in [2.45, 2.75) is 19.8 Å². The lowest BCUT2D eigenvalue weighted by molar-refractivity contribution is 0.893. The maximum absolute atomic E-state index is 5.49. The predicted molar refractivity (Wildman–Crippen MR) is 77.6 cm³/mol. The first-order valence-electron chi connectivity index (χ1n) is 6.31. The molecular weight excluding hydrogens is 222 g/mol. The summed E-state index contributed by atoms with van der Waals surface area (Å²) in [6.07, 6.45) is 1.78. The fourth-order valence-corrected chi connectivity index (χ4v) is 1.94. The Morgan fingerprint density at radius 3 is 2.67 bits per heavy atom. The van der Waals surface area contributed by atoms with Gasteiger partial charge in [0.1, 0.15) is 5.84 Å². The summed E-state index contributed by atoms with van der Waals surface area (Å²) in [5.41, 5.74) is 3.91. The van der Waals surface area contributed by atoms with Crippen LogP contribution < -0.4 is 11.3 Å². The highest BCUT2D eigenvalue weighted by Crippen LogP contribution is 2.15. The minimum Gasteiger partial charge on any atom is -0.312 e. The number of nitrogens with zero attached hydrogens (tertiary/aromatic N) is 1. The van der Waals surface area contributed by atoms with Gasteiger partial charge in [-0.3, -0.25) is 4.99 Å². The Balaban J connectivity index is 2.20. The van der Waals surface area contributed by atoms with E-state index >= 15 is 0 Å². The predicted octanol–water partition coefficient (Wildman–Crippen LogP) is 2.65. The van der Waals surface area contributed by atoms with Crippen molar-refractivity contribution in [2.75, 3.05) is 6.54 Å². The number of fused-ring (bicyclic) bond motifs is 1. The molecule has 0 amide bonds. The Kier molecular flexibility index (Phi) is 4.31. The maximum atomic E-state index is 5.49. The molecule has 0 aliphatic heterocycles. The van der Waals surface area contributed by atoms with Gasteiger partial charge in [0.25, 0.3) is 0 Å². The lowest BCUT2D eigenvalue weighted by Gasteiger charge is -2.07. The molecule has 0 aromatic heterocycles. The average molecular weight is 241 g/mol. The van der Waals surface area contributed by atoms with E-state index in [-0.39, 0.29) is 0 Å². The fraction of sp³-hybridized carbons (Fsp3) is 0.267. The van der Waals surface area contributed by atoms with Gasteiger partial charge >= 0.3 is 0 Å². The third-order valence-electron chi connectivity index (χ3n) is 2.88. The number of hydrazine groups is 1. The molecule has 0 aliphatic carbocycles. The monoisotopic (exact) mass is 241 g/mol. The van der Waals surface area contributed by atoms with Crippen molar-refractivity contribution in [1.29, 1.82) is 0 Å². The van der Waals surface area contributed by atoms with Crippen LogP contribution in [0.4, 0.5) is 0 Å². The Morgan fingerprint density at radius 2 is 1.94 bits per heavy atom. The van der Waals surface area contributed by atoms with Crippen LogP contribution in [0, 0.1) is 0 Å². The van der Waals surface area contributed by atoms with Gasteiger partial charge in [-0.1, -0.05) is 49.4 Å². The molecule has 0 fully saturated rings. The van der Waals surface area contributed by atoms with E-state index < -0.39 is 0 Å². The van der Waals surface area contributed by atoms with Crippen LogP contribution in [-0.2, 0) is 6.42 Å². The molecule has 2 aromatic rings. The molecule has 0 heterocycles. The van der Waals surface area contributed by atoms with E-state index in [0.717, 1.165) is 25.2 Å². The molecule has 0 saturated heterocycles. The molecule has 3 N–H and O–H groups in total. The first-order chi connectivity index (χ1) is 8.83. The van der Waals surface area contributed by atoms with Crippen LogP contribution in [0.1, 0.15) is 18.9 Å². The second-order valence-corrected chi connectivity index (χ2v) is 4.33. The number of rotatable bonds is 4. The molecule has 3 heteroatoms. The second-order valence-electron chi connectivity index (χ2n) is 4.33. The number of nitrogens with two attached hydrogens (primary N) is 1. The smallest absolute Gasteiger partial charge is 0.115 e. The third kappa shape index (κ3) is 3.08. The van der Waals surface area contributed by atoms with Crippen molar-refractivity contribution in [2.24, 2.45) is 10.8 Å². The van der Waals surface area contributed by atoms with Gasteiger partial charge in [0, 0.05) is 13.0 Å². The Labute approximate surface area is 108 Å². The van der Waals surface area contributed by atoms with E-state index in [1.165, 1.54) is 16.3 Å². The molecular formula is C15H19N3. The van der Waals surface area contributed by atoms with Crippen LogP contribution >= 0.6 is 0 Å². The van der Waals surface area contributed by atoms with Crippen LogP contribution in [0.5, 0.6) is 0 Å². The quantitative estimate of drug-likeness (QED) is 0.374. The normalized spacial score (nSPS) is 11.8. The van der Waals surface area contributed by atoms with Gasteiger partial charge in [-0.2, -0.15) is 0 Å². The molecule has 0 spiro atoms. The van der Waals surface area contributed by atoms with Crippen molar-refractivity contribution < 1.29 is 0 Å². The van der Waals surface area contributed by atoms with Gasteiger partial charge < -0.3 is 5.43 Å². The van der Waals surface area contributed by atoms with E-state index in [1.54, 1.807) is 0 Å². The fourth-order valence-electron chi connectivity index (χ4n) is 1.94. The molecule has 0 unspecified atom stereocenters. The molecule has 2 aromatic carbocycles. The van der Waals surface area contributed by atoms with E-state index in [9.17, 15) is 0 Å². The van der Waals surface area contributed by atoms with Crippen molar-refractivity contribution >= 4 is 16.6 Å². The van der Waals surface area contributed by atoms with Gasteiger partial charge in [0.05, 0.1) is 0 Å². The Morgan fingerprint density at radius 1 is 1.17 bits per heavy atom. The maximum Gasteiger partial charge on any atom is 0.115 e. The van der Waals surface area contributed by atoms with Gasteiger partial charge in [0.15, 0.2) is 0 Å². The summed E-state index contributed by atoms with van der Waals surface area (Å²) < 4.78 is 0. The molecule has 3 nitrogen and oxygen atoms in total. The van der Waals surface area contributed by atoms with Crippen molar-refractivity contribution in [3.05, 3.63) is 48.0 Å². The minimum absolute atomic E-state index is 0.751. The number of hydrogen-bond donors (Lipinski definition) is 2. The first kappa shape index (κ1) is 12.6. The van der Waals surface area contributed by atoms with Crippen LogP contribution in [0.2, 0.25) is 0 Å². The van der Waals surface area contributed by atoms with E-state index in [4.69, 9.17) is 5.84 Å². The van der Waals surface area contributed by atoms with Crippen LogP contribution in [0.15, 0.2) is 47.5 Å².